The Balaban J connectivity index is 2.96. The number of benzene rings is 1. The molecule has 1 aromatic rings. The van der Waals surface area contributed by atoms with E-state index >= 15 is 0 Å². The molecule has 0 saturated carbocycles. The van der Waals surface area contributed by atoms with Gasteiger partial charge >= 0.3 is 0 Å². The van der Waals surface area contributed by atoms with Crippen molar-refractivity contribution in [3.8, 4) is 0 Å². The zero-order valence-corrected chi connectivity index (χ0v) is 6.90. The molecular weight excluding hydrogens is 183 g/mol. The summed E-state index contributed by atoms with van der Waals surface area (Å²) in [6, 6.07) is 1.60. The molecule has 0 amide bonds. The zero-order chi connectivity index (χ0) is 9.84. The van der Waals surface area contributed by atoms with Gasteiger partial charge in [-0.1, -0.05) is 0 Å². The molecule has 0 aliphatic rings. The highest BCUT2D eigenvalue weighted by Crippen LogP contribution is 2.15. The summed E-state index contributed by atoms with van der Waals surface area (Å²) in [6.07, 6.45) is 0. The van der Waals surface area contributed by atoms with E-state index in [2.05, 4.69) is 10.3 Å². The Labute approximate surface area is 73.3 Å². The summed E-state index contributed by atoms with van der Waals surface area (Å²) < 4.78 is 38.3. The van der Waals surface area contributed by atoms with E-state index in [1.807, 2.05) is 0 Å². The van der Waals surface area contributed by atoms with Gasteiger partial charge in [0.15, 0.2) is 11.6 Å². The van der Waals surface area contributed by atoms with Gasteiger partial charge in [0.25, 0.3) is 0 Å². The van der Waals surface area contributed by atoms with Crippen molar-refractivity contribution in [3.63, 3.8) is 0 Å². The van der Waals surface area contributed by atoms with Crippen LogP contribution in [0.4, 0.5) is 13.2 Å². The zero-order valence-electron chi connectivity index (χ0n) is 6.90. The van der Waals surface area contributed by atoms with Crippen molar-refractivity contribution in [2.75, 3.05) is 7.11 Å². The van der Waals surface area contributed by atoms with Crippen LogP contribution in [-0.2, 0) is 11.4 Å². The van der Waals surface area contributed by atoms with Crippen molar-refractivity contribution in [2.45, 2.75) is 6.54 Å². The van der Waals surface area contributed by atoms with E-state index < -0.39 is 17.5 Å². The molecule has 72 valence electrons. The lowest BCUT2D eigenvalue weighted by Crippen LogP contribution is -2.14. The molecule has 0 aliphatic carbocycles. The summed E-state index contributed by atoms with van der Waals surface area (Å²) in [5.74, 6) is -3.07. The summed E-state index contributed by atoms with van der Waals surface area (Å²) in [6.45, 7) is -0.216. The van der Waals surface area contributed by atoms with E-state index in [1.165, 1.54) is 7.11 Å². The first-order chi connectivity index (χ1) is 6.16. The molecule has 0 fully saturated rings. The molecule has 1 aromatic carbocycles. The summed E-state index contributed by atoms with van der Waals surface area (Å²) in [7, 11) is 1.30. The molecule has 0 bridgehead atoms. The highest BCUT2D eigenvalue weighted by atomic mass is 19.2. The molecular formula is C8H8F3NO. The molecule has 1 rings (SSSR count). The number of nitrogens with one attached hydrogen (secondary N) is 1. The van der Waals surface area contributed by atoms with E-state index in [0.717, 1.165) is 12.1 Å². The van der Waals surface area contributed by atoms with Crippen LogP contribution in [-0.4, -0.2) is 7.11 Å². The lowest BCUT2D eigenvalue weighted by Gasteiger charge is -2.05. The quantitative estimate of drug-likeness (QED) is 0.580. The van der Waals surface area contributed by atoms with Crippen LogP contribution in [0, 0.1) is 17.5 Å². The predicted molar refractivity (Wildman–Crippen MR) is 40.2 cm³/mol. The fourth-order valence-corrected chi connectivity index (χ4v) is 0.875. The van der Waals surface area contributed by atoms with Gasteiger partial charge in [-0.25, -0.2) is 13.2 Å². The minimum absolute atomic E-state index is 0.216. The van der Waals surface area contributed by atoms with Crippen molar-refractivity contribution in [1.82, 2.24) is 5.48 Å². The Hall–Kier alpha value is -1.07. The third kappa shape index (κ3) is 2.19. The third-order valence-corrected chi connectivity index (χ3v) is 1.53. The molecule has 1 N–H and O–H groups in total. The van der Waals surface area contributed by atoms with E-state index in [4.69, 9.17) is 0 Å². The first-order valence-electron chi connectivity index (χ1n) is 3.55. The van der Waals surface area contributed by atoms with Crippen molar-refractivity contribution >= 4 is 0 Å². The monoisotopic (exact) mass is 191 g/mol. The molecule has 0 heterocycles. The molecule has 0 unspecified atom stereocenters. The van der Waals surface area contributed by atoms with Crippen molar-refractivity contribution in [2.24, 2.45) is 0 Å². The van der Waals surface area contributed by atoms with Crippen LogP contribution < -0.4 is 5.48 Å². The van der Waals surface area contributed by atoms with Gasteiger partial charge in [0.05, 0.1) is 13.7 Å². The minimum atomic E-state index is -1.19. The van der Waals surface area contributed by atoms with Crippen molar-refractivity contribution < 1.29 is 18.0 Å². The summed E-state index contributed by atoms with van der Waals surface area (Å²) in [5.41, 5.74) is 1.85. The van der Waals surface area contributed by atoms with E-state index in [9.17, 15) is 13.2 Å². The van der Waals surface area contributed by atoms with Crippen LogP contribution >= 0.6 is 0 Å². The number of halogens is 3. The van der Waals surface area contributed by atoms with E-state index in [-0.39, 0.29) is 12.1 Å². The summed E-state index contributed by atoms with van der Waals surface area (Å²) >= 11 is 0. The Kier molecular flexibility index (Phi) is 3.27. The summed E-state index contributed by atoms with van der Waals surface area (Å²) in [5, 5.41) is 0. The Morgan fingerprint density at radius 1 is 1.23 bits per heavy atom. The van der Waals surface area contributed by atoms with Crippen LogP contribution in [0.25, 0.3) is 0 Å². The molecule has 13 heavy (non-hydrogen) atoms. The minimum Gasteiger partial charge on any atom is -0.305 e. The van der Waals surface area contributed by atoms with Gasteiger partial charge in [0, 0.05) is 5.56 Å². The third-order valence-electron chi connectivity index (χ3n) is 1.53. The van der Waals surface area contributed by atoms with Crippen molar-refractivity contribution in [1.29, 1.82) is 0 Å². The van der Waals surface area contributed by atoms with Crippen LogP contribution in [0.15, 0.2) is 12.1 Å². The average Bonchev–Trinajstić information content (AvgIpc) is 2.12. The molecule has 0 spiro atoms. The fourth-order valence-electron chi connectivity index (χ4n) is 0.875. The van der Waals surface area contributed by atoms with Crippen LogP contribution in [0.5, 0.6) is 0 Å². The first-order valence-corrected chi connectivity index (χ1v) is 3.55. The Bertz CT molecular complexity index is 304. The second-order valence-corrected chi connectivity index (χ2v) is 2.35. The van der Waals surface area contributed by atoms with Crippen LogP contribution in [0.3, 0.4) is 0 Å². The molecule has 0 radical (unpaired) electrons. The molecule has 2 nitrogen and oxygen atoms in total. The normalized spacial score (nSPS) is 10.5. The maximum absolute atomic E-state index is 12.9. The summed E-state index contributed by atoms with van der Waals surface area (Å²) in [4.78, 5) is 4.39. The molecule has 0 atom stereocenters. The van der Waals surface area contributed by atoms with Gasteiger partial charge < -0.3 is 4.84 Å². The van der Waals surface area contributed by atoms with Gasteiger partial charge in [-0.15, -0.1) is 0 Å². The number of hydroxylamine groups is 1. The number of hydrogen-bond donors (Lipinski definition) is 1. The maximum Gasteiger partial charge on any atom is 0.166 e. The van der Waals surface area contributed by atoms with Crippen LogP contribution in [0.2, 0.25) is 0 Å². The largest absolute Gasteiger partial charge is 0.305 e. The molecule has 5 heteroatoms. The second kappa shape index (κ2) is 4.25. The molecule has 0 saturated heterocycles. The van der Waals surface area contributed by atoms with Crippen LogP contribution in [0.1, 0.15) is 5.56 Å². The Morgan fingerprint density at radius 3 is 2.46 bits per heavy atom. The van der Waals surface area contributed by atoms with Gasteiger partial charge in [-0.2, -0.15) is 5.48 Å². The Morgan fingerprint density at radius 2 is 1.85 bits per heavy atom. The van der Waals surface area contributed by atoms with E-state index in [0.29, 0.717) is 0 Å². The maximum atomic E-state index is 12.9. The topological polar surface area (TPSA) is 21.3 Å². The van der Waals surface area contributed by atoms with Crippen molar-refractivity contribution in [3.05, 3.63) is 35.1 Å². The van der Waals surface area contributed by atoms with Gasteiger partial charge in [-0.05, 0) is 12.1 Å². The smallest absolute Gasteiger partial charge is 0.166 e. The second-order valence-electron chi connectivity index (χ2n) is 2.35. The predicted octanol–water partition coefficient (Wildman–Crippen LogP) is 1.75. The average molecular weight is 191 g/mol. The fraction of sp³-hybridized carbons (Fsp3) is 0.250. The number of rotatable bonds is 3. The van der Waals surface area contributed by atoms with Gasteiger partial charge in [0.2, 0.25) is 0 Å². The lowest BCUT2D eigenvalue weighted by molar-refractivity contribution is 0.0849. The molecule has 0 aliphatic heterocycles. The highest BCUT2D eigenvalue weighted by molar-refractivity contribution is 5.20. The van der Waals surface area contributed by atoms with Gasteiger partial charge in [0.1, 0.15) is 5.82 Å². The lowest BCUT2D eigenvalue weighted by atomic mass is 10.2. The first kappa shape index (κ1) is 10.0. The number of hydrogen-bond acceptors (Lipinski definition) is 2. The molecule has 0 aromatic heterocycles. The highest BCUT2D eigenvalue weighted by Gasteiger charge is 2.12. The van der Waals surface area contributed by atoms with Gasteiger partial charge in [-0.3, -0.25) is 0 Å². The SMILES string of the molecule is CONCc1c(F)ccc(F)c1F. The van der Waals surface area contributed by atoms with E-state index in [1.54, 1.807) is 0 Å². The standard InChI is InChI=1S/C8H8F3NO/c1-13-12-4-5-6(9)2-3-7(10)8(5)11/h2-3,12H,4H2,1H3.